The van der Waals surface area contributed by atoms with Gasteiger partial charge in [-0.3, -0.25) is 9.59 Å². The van der Waals surface area contributed by atoms with Crippen LogP contribution >= 0.6 is 0 Å². The van der Waals surface area contributed by atoms with Crippen LogP contribution in [0.15, 0.2) is 36.5 Å². The van der Waals surface area contributed by atoms with E-state index < -0.39 is 12.0 Å². The highest BCUT2D eigenvalue weighted by Crippen LogP contribution is 2.15. The lowest BCUT2D eigenvalue weighted by molar-refractivity contribution is -0.147. The van der Waals surface area contributed by atoms with E-state index in [0.717, 1.165) is 57.8 Å². The van der Waals surface area contributed by atoms with E-state index >= 15 is 0 Å². The Labute approximate surface area is 301 Å². The van der Waals surface area contributed by atoms with E-state index in [2.05, 4.69) is 49.5 Å². The summed E-state index contributed by atoms with van der Waals surface area (Å²) in [6, 6.07) is -0.873. The van der Waals surface area contributed by atoms with Crippen molar-refractivity contribution in [3.05, 3.63) is 36.5 Å². The monoisotopic (exact) mass is 689 g/mol. The van der Waals surface area contributed by atoms with E-state index in [-0.39, 0.29) is 18.0 Å². The zero-order valence-corrected chi connectivity index (χ0v) is 31.8. The molecule has 0 aliphatic carbocycles. The molecule has 0 saturated carbocycles. The van der Waals surface area contributed by atoms with Crippen molar-refractivity contribution in [3.63, 3.8) is 0 Å². The Kier molecular flexibility index (Phi) is 35.0. The van der Waals surface area contributed by atoms with E-state index in [0.29, 0.717) is 38.6 Å². The number of carbonyl (C=O) groups excluding carboxylic acids is 2. The number of rotatable bonds is 36. The molecule has 0 aromatic rings. The summed E-state index contributed by atoms with van der Waals surface area (Å²) in [6.45, 7) is 4.84. The molecule has 0 fully saturated rings. The SMILES string of the molecule is CCC/C=C\C/C=C\C(CCCCCCC(=O)NC(CCCN)C(=O)O)OC(=O)CCCCCCCCC/C=C\CCCCCCCCC. The summed E-state index contributed by atoms with van der Waals surface area (Å²) in [6.07, 6.45) is 42.2. The Hall–Kier alpha value is -2.41. The molecule has 2 atom stereocenters. The van der Waals surface area contributed by atoms with Gasteiger partial charge in [-0.1, -0.05) is 134 Å². The average Bonchev–Trinajstić information content (AvgIpc) is 3.08. The van der Waals surface area contributed by atoms with Crippen LogP contribution in [-0.2, 0) is 19.1 Å². The topological polar surface area (TPSA) is 119 Å². The number of hydrogen-bond acceptors (Lipinski definition) is 5. The highest BCUT2D eigenvalue weighted by atomic mass is 16.5. The first kappa shape index (κ1) is 46.6. The predicted molar refractivity (Wildman–Crippen MR) is 207 cm³/mol. The number of nitrogens with two attached hydrogens (primary N) is 1. The maximum atomic E-state index is 12.6. The molecule has 284 valence electrons. The molecule has 0 bridgehead atoms. The fourth-order valence-corrected chi connectivity index (χ4v) is 5.81. The second-order valence-corrected chi connectivity index (χ2v) is 13.7. The number of nitrogens with one attached hydrogen (secondary N) is 1. The van der Waals surface area contributed by atoms with Crippen molar-refractivity contribution in [2.24, 2.45) is 5.73 Å². The summed E-state index contributed by atoms with van der Waals surface area (Å²) >= 11 is 0. The van der Waals surface area contributed by atoms with Gasteiger partial charge in [-0.25, -0.2) is 4.79 Å². The molecule has 0 spiro atoms. The van der Waals surface area contributed by atoms with Crippen molar-refractivity contribution >= 4 is 17.8 Å². The van der Waals surface area contributed by atoms with Crippen molar-refractivity contribution < 1.29 is 24.2 Å². The lowest BCUT2D eigenvalue weighted by Gasteiger charge is -2.15. The van der Waals surface area contributed by atoms with Crippen LogP contribution in [0.3, 0.4) is 0 Å². The molecule has 49 heavy (non-hydrogen) atoms. The first-order valence-electron chi connectivity index (χ1n) is 20.3. The number of ether oxygens (including phenoxy) is 1. The molecule has 2 unspecified atom stereocenters. The molecular weight excluding hydrogens is 612 g/mol. The molecule has 0 aliphatic heterocycles. The van der Waals surface area contributed by atoms with Gasteiger partial charge in [0.25, 0.3) is 0 Å². The molecule has 0 heterocycles. The lowest BCUT2D eigenvalue weighted by Crippen LogP contribution is -2.40. The zero-order chi connectivity index (χ0) is 36.0. The summed E-state index contributed by atoms with van der Waals surface area (Å²) in [5.41, 5.74) is 5.47. The van der Waals surface area contributed by atoms with Gasteiger partial charge in [0.1, 0.15) is 12.1 Å². The largest absolute Gasteiger partial charge is 0.480 e. The number of esters is 1. The van der Waals surface area contributed by atoms with Crippen LogP contribution in [0.4, 0.5) is 0 Å². The van der Waals surface area contributed by atoms with E-state index in [4.69, 9.17) is 10.5 Å². The molecule has 7 heteroatoms. The highest BCUT2D eigenvalue weighted by molar-refractivity contribution is 5.83. The average molecular weight is 689 g/mol. The Balaban J connectivity index is 4.15. The number of carbonyl (C=O) groups is 3. The third-order valence-corrected chi connectivity index (χ3v) is 8.89. The highest BCUT2D eigenvalue weighted by Gasteiger charge is 2.19. The second kappa shape index (κ2) is 36.9. The lowest BCUT2D eigenvalue weighted by atomic mass is 10.1. The Morgan fingerprint density at radius 3 is 1.76 bits per heavy atom. The predicted octanol–water partition coefficient (Wildman–Crippen LogP) is 11.1. The number of amides is 1. The first-order valence-corrected chi connectivity index (χ1v) is 20.3. The van der Waals surface area contributed by atoms with E-state index in [9.17, 15) is 19.5 Å². The van der Waals surface area contributed by atoms with Crippen molar-refractivity contribution in [3.8, 4) is 0 Å². The van der Waals surface area contributed by atoms with Crippen molar-refractivity contribution in [2.75, 3.05) is 6.54 Å². The number of aliphatic carboxylic acids is 1. The van der Waals surface area contributed by atoms with Gasteiger partial charge in [-0.2, -0.15) is 0 Å². The van der Waals surface area contributed by atoms with Crippen molar-refractivity contribution in [1.29, 1.82) is 0 Å². The third-order valence-electron chi connectivity index (χ3n) is 8.89. The maximum Gasteiger partial charge on any atom is 0.326 e. The van der Waals surface area contributed by atoms with Gasteiger partial charge in [0.2, 0.25) is 5.91 Å². The number of allylic oxidation sites excluding steroid dienone is 5. The van der Waals surface area contributed by atoms with Crippen LogP contribution in [-0.4, -0.2) is 41.6 Å². The molecule has 0 aliphatic rings. The van der Waals surface area contributed by atoms with Crippen LogP contribution in [0.25, 0.3) is 0 Å². The summed E-state index contributed by atoms with van der Waals surface area (Å²) < 4.78 is 5.87. The van der Waals surface area contributed by atoms with Gasteiger partial charge in [0.05, 0.1) is 0 Å². The second-order valence-electron chi connectivity index (χ2n) is 13.7. The number of carboxylic acid groups (broad SMARTS) is 1. The van der Waals surface area contributed by atoms with E-state index in [1.165, 1.54) is 89.9 Å². The minimum atomic E-state index is -1.02. The van der Waals surface area contributed by atoms with Crippen LogP contribution in [0.5, 0.6) is 0 Å². The van der Waals surface area contributed by atoms with Gasteiger partial charge in [0, 0.05) is 12.8 Å². The van der Waals surface area contributed by atoms with Gasteiger partial charge in [-0.05, 0) is 89.7 Å². The molecular formula is C42H76N2O5. The van der Waals surface area contributed by atoms with Gasteiger partial charge < -0.3 is 20.9 Å². The van der Waals surface area contributed by atoms with Crippen LogP contribution in [0, 0.1) is 0 Å². The quantitative estimate of drug-likeness (QED) is 0.0342. The summed E-state index contributed by atoms with van der Waals surface area (Å²) in [5, 5.41) is 11.9. The first-order chi connectivity index (χ1) is 23.9. The van der Waals surface area contributed by atoms with Crippen LogP contribution < -0.4 is 11.1 Å². The van der Waals surface area contributed by atoms with Crippen LogP contribution in [0.1, 0.15) is 194 Å². The van der Waals surface area contributed by atoms with E-state index in [1.54, 1.807) is 0 Å². The fourth-order valence-electron chi connectivity index (χ4n) is 5.81. The standard InChI is InChI=1S/C42H76N2O5/c1-3-5-7-9-11-12-13-14-15-16-17-18-19-20-21-22-24-30-36-41(46)49-38(32-27-23-10-8-6-4-2)33-28-25-26-29-35-40(45)44-39(42(47)48)34-31-37-43/h8,10,15-16,27,32,38-39H,3-7,9,11-14,17-26,28-31,33-37,43H2,1-2H3,(H,44,45)(H,47,48)/b10-8-,16-15-,32-27-. The molecule has 0 aromatic carbocycles. The molecule has 0 aromatic heterocycles. The smallest absolute Gasteiger partial charge is 0.326 e. The molecule has 0 rings (SSSR count). The van der Waals surface area contributed by atoms with Gasteiger partial charge >= 0.3 is 11.9 Å². The van der Waals surface area contributed by atoms with Gasteiger partial charge in [-0.15, -0.1) is 0 Å². The number of carboxylic acids is 1. The van der Waals surface area contributed by atoms with Gasteiger partial charge in [0.15, 0.2) is 0 Å². The minimum Gasteiger partial charge on any atom is -0.480 e. The fraction of sp³-hybridized carbons (Fsp3) is 0.786. The van der Waals surface area contributed by atoms with E-state index in [1.807, 2.05) is 6.08 Å². The third kappa shape index (κ3) is 33.8. The molecule has 7 nitrogen and oxygen atoms in total. The minimum absolute atomic E-state index is 0.112. The summed E-state index contributed by atoms with van der Waals surface area (Å²) in [5.74, 6) is -1.36. The maximum absolute atomic E-state index is 12.6. The molecule has 0 radical (unpaired) electrons. The Bertz CT molecular complexity index is 869. The zero-order valence-electron chi connectivity index (χ0n) is 31.8. The summed E-state index contributed by atoms with van der Waals surface area (Å²) in [4.78, 5) is 36.2. The number of hydrogen-bond donors (Lipinski definition) is 3. The molecule has 0 saturated heterocycles. The summed E-state index contributed by atoms with van der Waals surface area (Å²) in [7, 11) is 0. The van der Waals surface area contributed by atoms with Crippen molar-refractivity contribution in [2.45, 2.75) is 206 Å². The Morgan fingerprint density at radius 1 is 0.612 bits per heavy atom. The van der Waals surface area contributed by atoms with Crippen molar-refractivity contribution in [1.82, 2.24) is 5.32 Å². The van der Waals surface area contributed by atoms with Crippen LogP contribution in [0.2, 0.25) is 0 Å². The molecule has 1 amide bonds. The normalized spacial score (nSPS) is 13.0. The number of unbranched alkanes of at least 4 members (excludes halogenated alkanes) is 18. The Morgan fingerprint density at radius 2 is 1.16 bits per heavy atom. The molecule has 4 N–H and O–H groups in total.